The molecule has 2 N–H and O–H groups in total. The predicted octanol–water partition coefficient (Wildman–Crippen LogP) is 2.24. The summed E-state index contributed by atoms with van der Waals surface area (Å²) in [6.07, 6.45) is 5.79. The van der Waals surface area contributed by atoms with E-state index in [0.717, 1.165) is 37.9 Å². The Hall–Kier alpha value is -1.35. The van der Waals surface area contributed by atoms with Crippen molar-refractivity contribution in [1.29, 1.82) is 0 Å². The zero-order valence-electron chi connectivity index (χ0n) is 10.7. The van der Waals surface area contributed by atoms with E-state index in [0.29, 0.717) is 6.42 Å². The molecule has 0 atom stereocenters. The number of hydrogen-bond acceptors (Lipinski definition) is 2. The lowest BCUT2D eigenvalue weighted by Crippen LogP contribution is -2.51. The van der Waals surface area contributed by atoms with Crippen molar-refractivity contribution >= 4 is 11.6 Å². The summed E-state index contributed by atoms with van der Waals surface area (Å²) in [6.45, 7) is 0.839. The number of carbonyl (C=O) groups is 1. The molecule has 3 nitrogen and oxygen atoms in total. The van der Waals surface area contributed by atoms with Gasteiger partial charge in [0.15, 0.2) is 0 Å². The number of anilines is 1. The number of hydrogen-bond donors (Lipinski definition) is 1. The van der Waals surface area contributed by atoms with Gasteiger partial charge in [-0.1, -0.05) is 18.2 Å². The van der Waals surface area contributed by atoms with E-state index in [2.05, 4.69) is 12.1 Å². The predicted molar refractivity (Wildman–Crippen MR) is 72.5 cm³/mol. The second-order valence-electron chi connectivity index (χ2n) is 5.67. The molecule has 0 saturated heterocycles. The van der Waals surface area contributed by atoms with Crippen LogP contribution in [0.3, 0.4) is 0 Å². The molecule has 1 fully saturated rings. The van der Waals surface area contributed by atoms with Crippen LogP contribution in [0.4, 0.5) is 5.69 Å². The van der Waals surface area contributed by atoms with Gasteiger partial charge in [0.05, 0.1) is 0 Å². The van der Waals surface area contributed by atoms with Crippen molar-refractivity contribution in [2.75, 3.05) is 11.4 Å². The van der Waals surface area contributed by atoms with Gasteiger partial charge < -0.3 is 10.6 Å². The summed E-state index contributed by atoms with van der Waals surface area (Å²) in [7, 11) is 0. The molecular formula is C15H20N2O. The second-order valence-corrected chi connectivity index (χ2v) is 5.67. The van der Waals surface area contributed by atoms with Gasteiger partial charge in [-0.15, -0.1) is 0 Å². The largest absolute Gasteiger partial charge is 0.325 e. The van der Waals surface area contributed by atoms with Crippen LogP contribution in [0, 0.1) is 0 Å². The molecule has 1 aliphatic carbocycles. The second kappa shape index (κ2) is 4.39. The lowest BCUT2D eigenvalue weighted by molar-refractivity contribution is -0.120. The highest BCUT2D eigenvalue weighted by Crippen LogP contribution is 2.34. The molecule has 3 heteroatoms. The highest BCUT2D eigenvalue weighted by molar-refractivity contribution is 5.95. The fourth-order valence-corrected chi connectivity index (χ4v) is 3.00. The van der Waals surface area contributed by atoms with Crippen LogP contribution in [-0.2, 0) is 11.2 Å². The quantitative estimate of drug-likeness (QED) is 0.867. The Kier molecular flexibility index (Phi) is 2.86. The van der Waals surface area contributed by atoms with Gasteiger partial charge in [0.1, 0.15) is 0 Å². The van der Waals surface area contributed by atoms with Crippen molar-refractivity contribution in [1.82, 2.24) is 0 Å². The monoisotopic (exact) mass is 244 g/mol. The minimum absolute atomic E-state index is 0.198. The Morgan fingerprint density at radius 3 is 2.78 bits per heavy atom. The molecule has 1 aliphatic heterocycles. The van der Waals surface area contributed by atoms with Gasteiger partial charge in [0.25, 0.3) is 0 Å². The van der Waals surface area contributed by atoms with Crippen molar-refractivity contribution in [2.45, 2.75) is 44.1 Å². The zero-order valence-corrected chi connectivity index (χ0v) is 10.7. The summed E-state index contributed by atoms with van der Waals surface area (Å²) < 4.78 is 0. The molecular weight excluding hydrogens is 224 g/mol. The van der Waals surface area contributed by atoms with Gasteiger partial charge in [-0.2, -0.15) is 0 Å². The average Bonchev–Trinajstić information content (AvgIpc) is 2.36. The van der Waals surface area contributed by atoms with Gasteiger partial charge in [-0.3, -0.25) is 4.79 Å². The molecule has 1 amide bonds. The molecule has 0 radical (unpaired) electrons. The first-order valence-corrected chi connectivity index (χ1v) is 6.85. The summed E-state index contributed by atoms with van der Waals surface area (Å²) >= 11 is 0. The number of rotatable bonds is 2. The van der Waals surface area contributed by atoms with Crippen molar-refractivity contribution in [3.63, 3.8) is 0 Å². The molecule has 0 bridgehead atoms. The van der Waals surface area contributed by atoms with Gasteiger partial charge in [-0.05, 0) is 43.7 Å². The zero-order chi connectivity index (χ0) is 12.6. The molecule has 1 aromatic rings. The molecule has 1 aromatic carbocycles. The average molecular weight is 244 g/mol. The lowest BCUT2D eigenvalue weighted by atomic mass is 9.75. The normalized spacial score (nSPS) is 21.1. The lowest BCUT2D eigenvalue weighted by Gasteiger charge is -2.39. The molecule has 1 saturated carbocycles. The minimum Gasteiger partial charge on any atom is -0.325 e. The Morgan fingerprint density at radius 1 is 1.28 bits per heavy atom. The third-order valence-electron chi connectivity index (χ3n) is 4.26. The molecule has 18 heavy (non-hydrogen) atoms. The van der Waals surface area contributed by atoms with Crippen LogP contribution in [0.25, 0.3) is 0 Å². The number of aryl methyl sites for hydroxylation is 1. The van der Waals surface area contributed by atoms with E-state index in [-0.39, 0.29) is 11.4 Å². The van der Waals surface area contributed by atoms with Gasteiger partial charge in [0, 0.05) is 24.2 Å². The molecule has 96 valence electrons. The van der Waals surface area contributed by atoms with Crippen LogP contribution in [0.15, 0.2) is 24.3 Å². The van der Waals surface area contributed by atoms with Crippen LogP contribution in [0.2, 0.25) is 0 Å². The summed E-state index contributed by atoms with van der Waals surface area (Å²) in [6, 6.07) is 8.22. The van der Waals surface area contributed by atoms with Crippen molar-refractivity contribution in [2.24, 2.45) is 5.73 Å². The van der Waals surface area contributed by atoms with Crippen molar-refractivity contribution < 1.29 is 4.79 Å². The van der Waals surface area contributed by atoms with E-state index < -0.39 is 0 Å². The first-order valence-electron chi connectivity index (χ1n) is 6.85. The van der Waals surface area contributed by atoms with Crippen LogP contribution in [0.5, 0.6) is 0 Å². The molecule has 0 aromatic heterocycles. The van der Waals surface area contributed by atoms with Crippen LogP contribution < -0.4 is 10.6 Å². The third kappa shape index (κ3) is 2.03. The maximum absolute atomic E-state index is 12.4. The van der Waals surface area contributed by atoms with E-state index in [1.165, 1.54) is 12.0 Å². The Labute approximate surface area is 108 Å². The fourth-order valence-electron chi connectivity index (χ4n) is 3.00. The fraction of sp³-hybridized carbons (Fsp3) is 0.533. The molecule has 0 unspecified atom stereocenters. The SMILES string of the molecule is NC1(CC(=O)N2CCCc3ccccc32)CCC1. The standard InChI is InChI=1S/C15H20N2O/c16-15(8-4-9-15)11-14(18)17-10-3-6-12-5-1-2-7-13(12)17/h1-2,5,7H,3-4,6,8-11,16H2. The number of amides is 1. The molecule has 3 rings (SSSR count). The summed E-state index contributed by atoms with van der Waals surface area (Å²) in [5.41, 5.74) is 8.35. The Morgan fingerprint density at radius 2 is 2.06 bits per heavy atom. The molecule has 2 aliphatic rings. The number of para-hydroxylation sites is 1. The maximum atomic E-state index is 12.4. The smallest absolute Gasteiger partial charge is 0.228 e. The van der Waals surface area contributed by atoms with E-state index in [1.807, 2.05) is 17.0 Å². The van der Waals surface area contributed by atoms with Gasteiger partial charge >= 0.3 is 0 Å². The number of fused-ring (bicyclic) bond motifs is 1. The van der Waals surface area contributed by atoms with Crippen molar-refractivity contribution in [3.05, 3.63) is 29.8 Å². The number of benzene rings is 1. The number of nitrogens with zero attached hydrogens (tertiary/aromatic N) is 1. The first-order chi connectivity index (χ1) is 8.68. The third-order valence-corrected chi connectivity index (χ3v) is 4.26. The van der Waals surface area contributed by atoms with Crippen LogP contribution >= 0.6 is 0 Å². The summed E-state index contributed by atoms with van der Waals surface area (Å²) in [5.74, 6) is 0.198. The van der Waals surface area contributed by atoms with E-state index in [9.17, 15) is 4.79 Å². The summed E-state index contributed by atoms with van der Waals surface area (Å²) in [5, 5.41) is 0. The Bertz CT molecular complexity index is 465. The van der Waals surface area contributed by atoms with Crippen LogP contribution in [-0.4, -0.2) is 18.0 Å². The Balaban J connectivity index is 1.79. The molecule has 1 heterocycles. The summed E-state index contributed by atoms with van der Waals surface area (Å²) in [4.78, 5) is 14.4. The topological polar surface area (TPSA) is 46.3 Å². The van der Waals surface area contributed by atoms with Crippen molar-refractivity contribution in [3.8, 4) is 0 Å². The molecule has 0 spiro atoms. The maximum Gasteiger partial charge on any atom is 0.228 e. The number of nitrogens with two attached hydrogens (primary N) is 1. The van der Waals surface area contributed by atoms with E-state index >= 15 is 0 Å². The van der Waals surface area contributed by atoms with Gasteiger partial charge in [0.2, 0.25) is 5.91 Å². The van der Waals surface area contributed by atoms with E-state index in [1.54, 1.807) is 0 Å². The highest BCUT2D eigenvalue weighted by Gasteiger charge is 2.36. The first kappa shape index (κ1) is 11.7. The van der Waals surface area contributed by atoms with Crippen LogP contribution in [0.1, 0.15) is 37.7 Å². The number of carbonyl (C=O) groups excluding carboxylic acids is 1. The minimum atomic E-state index is -0.219. The van der Waals surface area contributed by atoms with Gasteiger partial charge in [-0.25, -0.2) is 0 Å². The van der Waals surface area contributed by atoms with E-state index in [4.69, 9.17) is 5.73 Å². The highest BCUT2D eigenvalue weighted by atomic mass is 16.2.